The first-order valence-corrected chi connectivity index (χ1v) is 9.42. The van der Waals surface area contributed by atoms with Crippen molar-refractivity contribution in [3.05, 3.63) is 18.2 Å². The summed E-state index contributed by atoms with van der Waals surface area (Å²) in [4.78, 5) is 27.5. The Bertz CT molecular complexity index is 825. The molecule has 0 spiro atoms. The highest BCUT2D eigenvalue weighted by atomic mass is 32.1. The lowest BCUT2D eigenvalue weighted by Crippen LogP contribution is -2.60. The van der Waals surface area contributed by atoms with Gasteiger partial charge in [0.15, 0.2) is 11.4 Å². The maximum absolute atomic E-state index is 12.9. The molecule has 1 aliphatic heterocycles. The van der Waals surface area contributed by atoms with Crippen LogP contribution in [-0.4, -0.2) is 25.0 Å². The molecule has 0 radical (unpaired) electrons. The highest BCUT2D eigenvalue weighted by molar-refractivity contribution is 7.22. The van der Waals surface area contributed by atoms with Crippen molar-refractivity contribution in [1.82, 2.24) is 0 Å². The van der Waals surface area contributed by atoms with Gasteiger partial charge in [-0.1, -0.05) is 6.92 Å². The first kappa shape index (κ1) is 15.6. The van der Waals surface area contributed by atoms with Crippen LogP contribution in [0.15, 0.2) is 18.2 Å². The van der Waals surface area contributed by atoms with E-state index in [1.165, 1.54) is 24.2 Å². The fourth-order valence-electron chi connectivity index (χ4n) is 3.27. The fourth-order valence-corrected chi connectivity index (χ4v) is 4.46. The third-order valence-corrected chi connectivity index (χ3v) is 5.87. The number of amides is 1. The summed E-state index contributed by atoms with van der Waals surface area (Å²) < 4.78 is 8.29. The molecular weight excluding hydrogens is 324 g/mol. The van der Waals surface area contributed by atoms with E-state index in [1.54, 1.807) is 4.57 Å². The highest BCUT2D eigenvalue weighted by Crippen LogP contribution is 2.37. The van der Waals surface area contributed by atoms with E-state index in [0.29, 0.717) is 18.9 Å². The first-order chi connectivity index (χ1) is 11.6. The maximum Gasteiger partial charge on any atom is 0.352 e. The number of carbonyl (C=O) groups excluding carboxylic acids is 2. The number of hydrogen-bond acceptors (Lipinski definition) is 4. The average molecular weight is 345 g/mol. The minimum absolute atomic E-state index is 0.0361. The lowest BCUT2D eigenvalue weighted by Gasteiger charge is -2.23. The van der Waals surface area contributed by atoms with Crippen molar-refractivity contribution in [2.24, 2.45) is 11.8 Å². The number of thiazole rings is 1. The molecule has 0 saturated heterocycles. The Morgan fingerprint density at radius 1 is 1.29 bits per heavy atom. The second kappa shape index (κ2) is 5.84. The zero-order chi connectivity index (χ0) is 16.8. The summed E-state index contributed by atoms with van der Waals surface area (Å²) in [5.41, 5.74) is 0.871. The largest absolute Gasteiger partial charge is 0.494 e. The lowest BCUT2D eigenvalue weighted by molar-refractivity contribution is -0.533. The second-order valence-electron chi connectivity index (χ2n) is 6.47. The van der Waals surface area contributed by atoms with E-state index in [2.05, 4.69) is 0 Å². The van der Waals surface area contributed by atoms with E-state index >= 15 is 0 Å². The van der Waals surface area contributed by atoms with Crippen LogP contribution >= 0.6 is 11.3 Å². The molecule has 126 valence electrons. The summed E-state index contributed by atoms with van der Waals surface area (Å²) in [6, 6.07) is 5.78. The topological polar surface area (TPSA) is 50.5 Å². The molecule has 6 heteroatoms. The van der Waals surface area contributed by atoms with Gasteiger partial charge in [-0.2, -0.15) is 4.90 Å². The number of anilines is 1. The van der Waals surface area contributed by atoms with Crippen LogP contribution in [0, 0.1) is 11.8 Å². The smallest absolute Gasteiger partial charge is 0.352 e. The summed E-state index contributed by atoms with van der Waals surface area (Å²) in [6.45, 7) is 5.19. The molecule has 0 bridgehead atoms. The van der Waals surface area contributed by atoms with Gasteiger partial charge >= 0.3 is 16.9 Å². The molecule has 24 heavy (non-hydrogen) atoms. The van der Waals surface area contributed by atoms with E-state index in [4.69, 9.17) is 4.74 Å². The Labute approximate surface area is 144 Å². The predicted octanol–water partition coefficient (Wildman–Crippen LogP) is 3.01. The molecule has 4 rings (SSSR count). The fraction of sp³-hybridized carbons (Fsp3) is 0.500. The Hall–Kier alpha value is -1.95. The standard InChI is InChI=1S/C18H21N2O3S/c1-3-13-16(21)19(10-11-5-6-11)18-20(17(13)22)14-8-7-12(23-4-2)9-15(14)24-18/h7-9,11,13H,3-6,10H2,1-2H3/q+1. The number of nitrogens with zero attached hydrogens (tertiary/aromatic N) is 2. The third kappa shape index (κ3) is 2.40. The van der Waals surface area contributed by atoms with Gasteiger partial charge in [0.2, 0.25) is 0 Å². The number of ether oxygens (including phenoxy) is 1. The van der Waals surface area contributed by atoms with Gasteiger partial charge in [-0.05, 0) is 55.6 Å². The van der Waals surface area contributed by atoms with E-state index in [-0.39, 0.29) is 11.8 Å². The minimum atomic E-state index is -0.564. The van der Waals surface area contributed by atoms with Crippen LogP contribution in [0.4, 0.5) is 5.13 Å². The molecule has 1 aromatic heterocycles. The Morgan fingerprint density at radius 2 is 2.08 bits per heavy atom. The molecule has 5 nitrogen and oxygen atoms in total. The Balaban J connectivity index is 1.86. The minimum Gasteiger partial charge on any atom is -0.494 e. The van der Waals surface area contributed by atoms with Gasteiger partial charge in [0.1, 0.15) is 5.75 Å². The van der Waals surface area contributed by atoms with Crippen LogP contribution < -0.4 is 14.2 Å². The number of benzene rings is 1. The van der Waals surface area contributed by atoms with Gasteiger partial charge < -0.3 is 4.74 Å². The molecule has 2 heterocycles. The quantitative estimate of drug-likeness (QED) is 0.618. The zero-order valence-electron chi connectivity index (χ0n) is 13.9. The molecule has 2 aromatic rings. The van der Waals surface area contributed by atoms with Crippen LogP contribution in [0.25, 0.3) is 10.2 Å². The average Bonchev–Trinajstić information content (AvgIpc) is 3.30. The first-order valence-electron chi connectivity index (χ1n) is 8.61. The number of carbonyl (C=O) groups is 2. The summed E-state index contributed by atoms with van der Waals surface area (Å²) in [7, 11) is 0. The van der Waals surface area contributed by atoms with Crippen molar-refractivity contribution < 1.29 is 18.9 Å². The van der Waals surface area contributed by atoms with Gasteiger partial charge in [-0.3, -0.25) is 0 Å². The molecule has 1 unspecified atom stereocenters. The molecule has 1 saturated carbocycles. The van der Waals surface area contributed by atoms with Gasteiger partial charge in [0, 0.05) is 6.07 Å². The molecule has 2 aliphatic rings. The van der Waals surface area contributed by atoms with Crippen molar-refractivity contribution >= 4 is 38.5 Å². The second-order valence-corrected chi connectivity index (χ2v) is 7.48. The predicted molar refractivity (Wildman–Crippen MR) is 92.7 cm³/mol. The monoisotopic (exact) mass is 345 g/mol. The summed E-state index contributed by atoms with van der Waals surface area (Å²) in [5, 5.41) is 0.755. The number of aromatic nitrogens is 1. The maximum atomic E-state index is 12.9. The number of rotatable bonds is 5. The third-order valence-electron chi connectivity index (χ3n) is 4.74. The Morgan fingerprint density at radius 3 is 2.75 bits per heavy atom. The van der Waals surface area contributed by atoms with Gasteiger partial charge in [-0.15, -0.1) is 4.57 Å². The van der Waals surface area contributed by atoms with Gasteiger partial charge in [-0.25, -0.2) is 9.59 Å². The SMILES string of the molecule is CCOc1ccc2c(c1)sc1[n+]2C(=O)C(CC)C(=O)N1CC1CC1. The number of fused-ring (bicyclic) bond motifs is 3. The molecule has 1 atom stereocenters. The lowest BCUT2D eigenvalue weighted by atomic mass is 10.0. The van der Waals surface area contributed by atoms with E-state index in [0.717, 1.165) is 27.6 Å². The number of hydrogen-bond donors (Lipinski definition) is 0. The van der Waals surface area contributed by atoms with Crippen molar-refractivity contribution in [2.75, 3.05) is 18.1 Å². The van der Waals surface area contributed by atoms with Crippen LogP contribution in [-0.2, 0) is 4.79 Å². The Kier molecular flexibility index (Phi) is 3.79. The normalized spacial score (nSPS) is 20.6. The van der Waals surface area contributed by atoms with E-state index in [9.17, 15) is 9.59 Å². The zero-order valence-corrected chi connectivity index (χ0v) is 14.8. The molecule has 1 amide bonds. The van der Waals surface area contributed by atoms with Crippen molar-refractivity contribution in [3.8, 4) is 5.75 Å². The van der Waals surface area contributed by atoms with Crippen molar-refractivity contribution in [3.63, 3.8) is 0 Å². The van der Waals surface area contributed by atoms with Crippen LogP contribution in [0.5, 0.6) is 5.75 Å². The van der Waals surface area contributed by atoms with Crippen LogP contribution in [0.2, 0.25) is 0 Å². The van der Waals surface area contributed by atoms with Crippen molar-refractivity contribution in [2.45, 2.75) is 33.1 Å². The van der Waals surface area contributed by atoms with E-state index in [1.807, 2.05) is 36.9 Å². The van der Waals surface area contributed by atoms with Crippen molar-refractivity contribution in [1.29, 1.82) is 0 Å². The van der Waals surface area contributed by atoms with Crippen LogP contribution in [0.3, 0.4) is 0 Å². The molecular formula is C18H21N2O3S+. The summed E-state index contributed by atoms with van der Waals surface area (Å²) in [6.07, 6.45) is 2.89. The van der Waals surface area contributed by atoms with E-state index < -0.39 is 5.92 Å². The van der Waals surface area contributed by atoms with Crippen LogP contribution in [0.1, 0.15) is 37.9 Å². The van der Waals surface area contributed by atoms with Gasteiger partial charge in [0.05, 0.1) is 17.9 Å². The summed E-state index contributed by atoms with van der Waals surface area (Å²) >= 11 is 1.50. The molecule has 1 aliphatic carbocycles. The molecule has 1 fully saturated rings. The molecule has 1 aromatic carbocycles. The molecule has 0 N–H and O–H groups in total. The van der Waals surface area contributed by atoms with Gasteiger partial charge in [0.25, 0.3) is 0 Å². The summed E-state index contributed by atoms with van der Waals surface area (Å²) in [5.74, 6) is 0.678. The highest BCUT2D eigenvalue weighted by Gasteiger charge is 2.49.